The van der Waals surface area contributed by atoms with Gasteiger partial charge in [0.25, 0.3) is 5.69 Å². The first-order valence-corrected chi connectivity index (χ1v) is 11.0. The highest BCUT2D eigenvalue weighted by atomic mass is 35.5. The molecule has 3 rings (SSSR count). The third-order valence-corrected chi connectivity index (χ3v) is 5.87. The molecule has 1 heterocycles. The molecule has 0 spiro atoms. The van der Waals surface area contributed by atoms with Crippen LogP contribution in [0.25, 0.3) is 10.9 Å². The number of non-ortho nitro benzene ring substituents is 1. The van der Waals surface area contributed by atoms with Crippen molar-refractivity contribution in [2.75, 3.05) is 17.7 Å². The summed E-state index contributed by atoms with van der Waals surface area (Å²) in [5, 5.41) is 14.8. The van der Waals surface area contributed by atoms with E-state index in [-0.39, 0.29) is 17.0 Å². The van der Waals surface area contributed by atoms with E-state index in [1.165, 1.54) is 7.11 Å². The number of fused-ring (bicyclic) bond motifs is 1. The Bertz CT molecular complexity index is 1280. The minimum Gasteiger partial charge on any atom is -0.497 e. The number of halogens is 4. The van der Waals surface area contributed by atoms with Gasteiger partial charge in [0.2, 0.25) is 10.0 Å². The van der Waals surface area contributed by atoms with Crippen LogP contribution in [0.5, 0.6) is 5.75 Å². The maximum atomic E-state index is 13.2. The Hall–Kier alpha value is -3.06. The lowest BCUT2D eigenvalue weighted by Crippen LogP contribution is -2.30. The average Bonchev–Trinajstić information content (AvgIpc) is 3.03. The topological polar surface area (TPSA) is 108 Å². The highest BCUT2D eigenvalue weighted by Crippen LogP contribution is 2.40. The molecular formula is C18H16ClF3N4O5S. The summed E-state index contributed by atoms with van der Waals surface area (Å²) < 4.78 is 70.8. The third kappa shape index (κ3) is 4.88. The molecule has 0 N–H and O–H groups in total. The number of nitro groups is 1. The zero-order valence-electron chi connectivity index (χ0n) is 16.6. The van der Waals surface area contributed by atoms with Crippen molar-refractivity contribution >= 4 is 44.0 Å². The van der Waals surface area contributed by atoms with E-state index >= 15 is 0 Å². The SMILES string of the molecule is COc1ccc(CN(c2nn(CC(F)(F)F)c3c([N+](=O)[O-])ccc(Cl)c23)S(C)(=O)=O)cc1. The van der Waals surface area contributed by atoms with E-state index in [1.54, 1.807) is 24.3 Å². The Kier molecular flexibility index (Phi) is 6.24. The molecule has 0 aliphatic rings. The first kappa shape index (κ1) is 23.6. The monoisotopic (exact) mass is 492 g/mol. The van der Waals surface area contributed by atoms with Crippen molar-refractivity contribution in [1.82, 2.24) is 9.78 Å². The summed E-state index contributed by atoms with van der Waals surface area (Å²) in [6, 6.07) is 8.34. The summed E-state index contributed by atoms with van der Waals surface area (Å²) in [7, 11) is -2.64. The number of ether oxygens (including phenoxy) is 1. The summed E-state index contributed by atoms with van der Waals surface area (Å²) in [5.74, 6) is 0.0643. The fraction of sp³-hybridized carbons (Fsp3) is 0.278. The van der Waals surface area contributed by atoms with E-state index in [0.717, 1.165) is 22.7 Å². The number of alkyl halides is 3. The van der Waals surface area contributed by atoms with Crippen LogP contribution in [0.2, 0.25) is 5.02 Å². The number of aromatic nitrogens is 2. The summed E-state index contributed by atoms with van der Waals surface area (Å²) in [6.45, 7) is -1.98. The van der Waals surface area contributed by atoms with Crippen molar-refractivity contribution < 1.29 is 31.2 Å². The molecule has 0 radical (unpaired) electrons. The number of hydrogen-bond acceptors (Lipinski definition) is 6. The second-order valence-electron chi connectivity index (χ2n) is 6.76. The molecule has 0 saturated heterocycles. The molecule has 0 aliphatic carbocycles. The van der Waals surface area contributed by atoms with E-state index in [0.29, 0.717) is 16.0 Å². The Morgan fingerprint density at radius 2 is 1.84 bits per heavy atom. The Morgan fingerprint density at radius 1 is 1.22 bits per heavy atom. The van der Waals surface area contributed by atoms with Gasteiger partial charge in [-0.3, -0.25) is 10.1 Å². The van der Waals surface area contributed by atoms with Crippen LogP contribution in [-0.4, -0.2) is 42.7 Å². The number of rotatable bonds is 7. The number of methoxy groups -OCH3 is 1. The molecular weight excluding hydrogens is 477 g/mol. The van der Waals surface area contributed by atoms with Crippen LogP contribution < -0.4 is 9.04 Å². The molecule has 2 aromatic carbocycles. The van der Waals surface area contributed by atoms with Crippen LogP contribution in [0, 0.1) is 10.1 Å². The first-order chi connectivity index (χ1) is 14.8. The lowest BCUT2D eigenvalue weighted by Gasteiger charge is -2.20. The number of anilines is 1. The Labute approximate surface area is 185 Å². The minimum atomic E-state index is -4.78. The quantitative estimate of drug-likeness (QED) is 0.362. The van der Waals surface area contributed by atoms with Gasteiger partial charge in [0.05, 0.1) is 35.2 Å². The minimum absolute atomic E-state index is 0.183. The van der Waals surface area contributed by atoms with Gasteiger partial charge in [-0.1, -0.05) is 23.7 Å². The number of hydrogen-bond donors (Lipinski definition) is 0. The average molecular weight is 493 g/mol. The van der Waals surface area contributed by atoms with E-state index in [4.69, 9.17) is 16.3 Å². The smallest absolute Gasteiger partial charge is 0.408 e. The Balaban J connectivity index is 2.27. The molecule has 0 aliphatic heterocycles. The molecule has 0 fully saturated rings. The van der Waals surface area contributed by atoms with Gasteiger partial charge in [-0.05, 0) is 23.8 Å². The van der Waals surface area contributed by atoms with Gasteiger partial charge < -0.3 is 4.74 Å². The molecule has 0 unspecified atom stereocenters. The van der Waals surface area contributed by atoms with E-state index in [1.807, 2.05) is 0 Å². The predicted octanol–water partition coefficient (Wildman–Crippen LogP) is 4.14. The normalized spacial score (nSPS) is 12.2. The molecule has 0 atom stereocenters. The highest BCUT2D eigenvalue weighted by molar-refractivity contribution is 7.92. The zero-order valence-corrected chi connectivity index (χ0v) is 18.2. The van der Waals surface area contributed by atoms with Crippen molar-refractivity contribution in [1.29, 1.82) is 0 Å². The van der Waals surface area contributed by atoms with Crippen LogP contribution in [0.4, 0.5) is 24.7 Å². The van der Waals surface area contributed by atoms with Crippen LogP contribution in [0.15, 0.2) is 36.4 Å². The van der Waals surface area contributed by atoms with Gasteiger partial charge in [0.15, 0.2) is 5.82 Å². The first-order valence-electron chi connectivity index (χ1n) is 8.82. The van der Waals surface area contributed by atoms with Crippen molar-refractivity contribution in [3.8, 4) is 5.75 Å². The molecule has 1 aromatic heterocycles. The Morgan fingerprint density at radius 3 is 2.34 bits per heavy atom. The lowest BCUT2D eigenvalue weighted by atomic mass is 10.2. The van der Waals surface area contributed by atoms with Crippen LogP contribution in [0.1, 0.15) is 5.56 Å². The molecule has 32 heavy (non-hydrogen) atoms. The third-order valence-electron chi connectivity index (χ3n) is 4.45. The van der Waals surface area contributed by atoms with E-state index in [2.05, 4.69) is 5.10 Å². The number of benzene rings is 2. The van der Waals surface area contributed by atoms with Crippen molar-refractivity contribution in [2.45, 2.75) is 19.3 Å². The maximum absolute atomic E-state index is 13.2. The van der Waals surface area contributed by atoms with Crippen LogP contribution in [0.3, 0.4) is 0 Å². The molecule has 0 amide bonds. The summed E-state index contributed by atoms with van der Waals surface area (Å²) in [6.07, 6.45) is -3.94. The summed E-state index contributed by atoms with van der Waals surface area (Å²) in [5.41, 5.74) is -0.750. The largest absolute Gasteiger partial charge is 0.497 e. The van der Waals surface area contributed by atoms with Crippen molar-refractivity contribution in [3.05, 3.63) is 57.1 Å². The second kappa shape index (κ2) is 8.47. The number of nitro benzene ring substituents is 1. The standard InChI is InChI=1S/C18H16ClF3N4O5S/c1-31-12-5-3-11(4-6-12)9-25(32(2,29)30)17-15-13(19)7-8-14(26(27)28)16(15)24(23-17)10-18(20,21)22/h3-8H,9-10H2,1-2H3. The number of nitrogens with zero attached hydrogens (tertiary/aromatic N) is 4. The fourth-order valence-corrected chi connectivity index (χ4v) is 4.16. The summed E-state index contributed by atoms with van der Waals surface area (Å²) in [4.78, 5) is 10.6. The van der Waals surface area contributed by atoms with Gasteiger partial charge in [0, 0.05) is 6.07 Å². The van der Waals surface area contributed by atoms with Gasteiger partial charge in [-0.15, -0.1) is 0 Å². The second-order valence-corrected chi connectivity index (χ2v) is 9.08. The van der Waals surface area contributed by atoms with E-state index in [9.17, 15) is 31.7 Å². The number of sulfonamides is 1. The van der Waals surface area contributed by atoms with Crippen LogP contribution >= 0.6 is 11.6 Å². The van der Waals surface area contributed by atoms with Gasteiger partial charge in [-0.2, -0.15) is 18.3 Å². The zero-order chi connectivity index (χ0) is 23.8. The maximum Gasteiger partial charge on any atom is 0.408 e. The van der Waals surface area contributed by atoms with Crippen LogP contribution in [-0.2, 0) is 23.1 Å². The fourth-order valence-electron chi connectivity index (χ4n) is 3.10. The molecule has 3 aromatic rings. The molecule has 0 saturated carbocycles. The molecule has 0 bridgehead atoms. The molecule has 9 nitrogen and oxygen atoms in total. The van der Waals surface area contributed by atoms with Gasteiger partial charge in [-0.25, -0.2) is 17.4 Å². The van der Waals surface area contributed by atoms with E-state index < -0.39 is 44.7 Å². The highest BCUT2D eigenvalue weighted by Gasteiger charge is 2.35. The summed E-state index contributed by atoms with van der Waals surface area (Å²) >= 11 is 6.16. The molecule has 172 valence electrons. The van der Waals surface area contributed by atoms with Gasteiger partial charge in [0.1, 0.15) is 17.8 Å². The van der Waals surface area contributed by atoms with Gasteiger partial charge >= 0.3 is 6.18 Å². The van der Waals surface area contributed by atoms with Crippen molar-refractivity contribution in [2.24, 2.45) is 0 Å². The predicted molar refractivity (Wildman–Crippen MR) is 111 cm³/mol. The van der Waals surface area contributed by atoms with Crippen molar-refractivity contribution in [3.63, 3.8) is 0 Å². The lowest BCUT2D eigenvalue weighted by molar-refractivity contribution is -0.383. The molecule has 14 heteroatoms.